The Morgan fingerprint density at radius 3 is 2.56 bits per heavy atom. The molecule has 0 aromatic rings. The minimum Gasteiger partial charge on any atom is -0.469 e. The van der Waals surface area contributed by atoms with Crippen LogP contribution in [0.25, 0.3) is 0 Å². The van der Waals surface area contributed by atoms with Gasteiger partial charge in [0.1, 0.15) is 5.78 Å². The molecule has 96 valence electrons. The molecule has 0 aromatic carbocycles. The fraction of sp³-hybridized carbons (Fsp3) is 0.889. The molecule has 1 atom stereocenters. The summed E-state index contributed by atoms with van der Waals surface area (Å²) in [5, 5.41) is 2.70. The van der Waals surface area contributed by atoms with Gasteiger partial charge >= 0.3 is 13.6 Å². The maximum Gasteiger partial charge on any atom is 0.342 e. The Morgan fingerprint density at radius 1 is 1.50 bits per heavy atom. The molecule has 7 heteroatoms. The van der Waals surface area contributed by atoms with E-state index in [2.05, 4.69) is 10.1 Å². The third kappa shape index (κ3) is 6.95. The van der Waals surface area contributed by atoms with Crippen LogP contribution in [0.3, 0.4) is 0 Å². The summed E-state index contributed by atoms with van der Waals surface area (Å²) in [6.07, 6.45) is 2.12. The summed E-state index contributed by atoms with van der Waals surface area (Å²) in [5.41, 5.74) is 0. The summed E-state index contributed by atoms with van der Waals surface area (Å²) in [5.74, 6) is -1.26. The molecule has 0 radical (unpaired) electrons. The van der Waals surface area contributed by atoms with Crippen molar-refractivity contribution >= 4 is 13.6 Å². The Morgan fingerprint density at radius 2 is 2.12 bits per heavy atom. The molecule has 0 aliphatic heterocycles. The second-order valence-electron chi connectivity index (χ2n) is 3.53. The molecule has 0 aromatic heterocycles. The molecule has 0 spiro atoms. The van der Waals surface area contributed by atoms with Gasteiger partial charge < -0.3 is 19.8 Å². The zero-order chi connectivity index (χ0) is 12.6. The van der Waals surface area contributed by atoms with Crippen LogP contribution in [0.5, 0.6) is 0 Å². The third-order valence-electron chi connectivity index (χ3n) is 2.17. The lowest BCUT2D eigenvalue weighted by Gasteiger charge is -2.19. The van der Waals surface area contributed by atoms with Crippen LogP contribution in [0.15, 0.2) is 0 Å². The number of unbranched alkanes of at least 4 members (excludes halogenated alkanes) is 1. The molecule has 0 heterocycles. The third-order valence-corrected chi connectivity index (χ3v) is 3.43. The number of methoxy groups -OCH3 is 1. The van der Waals surface area contributed by atoms with Gasteiger partial charge in [-0.2, -0.15) is 0 Å². The first-order chi connectivity index (χ1) is 7.41. The summed E-state index contributed by atoms with van der Waals surface area (Å²) >= 11 is 0. The molecule has 0 rings (SSSR count). The van der Waals surface area contributed by atoms with Gasteiger partial charge in [0.2, 0.25) is 0 Å². The Balaban J connectivity index is 4.02. The zero-order valence-corrected chi connectivity index (χ0v) is 10.6. The number of carbonyl (C=O) groups is 1. The van der Waals surface area contributed by atoms with Crippen LogP contribution < -0.4 is 5.32 Å². The van der Waals surface area contributed by atoms with Gasteiger partial charge in [0, 0.05) is 6.54 Å². The first-order valence-corrected chi connectivity index (χ1v) is 6.95. The van der Waals surface area contributed by atoms with E-state index < -0.39 is 19.3 Å². The van der Waals surface area contributed by atoms with Gasteiger partial charge in [0.25, 0.3) is 0 Å². The molecule has 1 unspecified atom stereocenters. The van der Waals surface area contributed by atoms with Gasteiger partial charge in [-0.1, -0.05) is 19.8 Å². The Labute approximate surface area is 95.5 Å². The summed E-state index contributed by atoms with van der Waals surface area (Å²) < 4.78 is 15.5. The minimum absolute atomic E-state index is 0.110. The highest BCUT2D eigenvalue weighted by Crippen LogP contribution is 2.41. The minimum atomic E-state index is -4.14. The lowest BCUT2D eigenvalue weighted by molar-refractivity contribution is -0.140. The van der Waals surface area contributed by atoms with Gasteiger partial charge in [-0.25, -0.2) is 0 Å². The predicted octanol–water partition coefficient (Wildman–Crippen LogP) is 0.833. The summed E-state index contributed by atoms with van der Waals surface area (Å²) in [7, 11) is -2.86. The number of rotatable bonds is 8. The predicted molar refractivity (Wildman–Crippen MR) is 60.0 cm³/mol. The van der Waals surface area contributed by atoms with Gasteiger partial charge in [-0.3, -0.25) is 9.36 Å². The van der Waals surface area contributed by atoms with Crippen LogP contribution in [0.2, 0.25) is 0 Å². The molecular formula is C9H20NO5P. The quantitative estimate of drug-likeness (QED) is 0.438. The lowest BCUT2D eigenvalue weighted by Crippen LogP contribution is -2.31. The largest absolute Gasteiger partial charge is 0.469 e. The molecule has 3 N–H and O–H groups in total. The standard InChI is InChI=1S/C9H20NO5P/c1-3-4-5-8(16(12,13)14)10-7-6-9(11)15-2/h8,10H,3-7H2,1-2H3,(H2,12,13,14). The van der Waals surface area contributed by atoms with E-state index in [-0.39, 0.29) is 13.0 Å². The van der Waals surface area contributed by atoms with Gasteiger partial charge in [0.15, 0.2) is 0 Å². The van der Waals surface area contributed by atoms with E-state index in [4.69, 9.17) is 9.79 Å². The highest BCUT2D eigenvalue weighted by molar-refractivity contribution is 7.52. The van der Waals surface area contributed by atoms with Crippen LogP contribution in [-0.4, -0.2) is 35.2 Å². The first kappa shape index (κ1) is 15.6. The molecule has 0 fully saturated rings. The molecule has 16 heavy (non-hydrogen) atoms. The molecule has 0 bridgehead atoms. The first-order valence-electron chi connectivity index (χ1n) is 5.27. The molecule has 0 saturated carbocycles. The topological polar surface area (TPSA) is 95.9 Å². The van der Waals surface area contributed by atoms with Crippen molar-refractivity contribution in [3.05, 3.63) is 0 Å². The van der Waals surface area contributed by atoms with Crippen molar-refractivity contribution in [2.45, 2.75) is 38.4 Å². The number of ether oxygens (including phenoxy) is 1. The van der Waals surface area contributed by atoms with Crippen LogP contribution in [0.4, 0.5) is 0 Å². The van der Waals surface area contributed by atoms with E-state index in [1.54, 1.807) is 0 Å². The van der Waals surface area contributed by atoms with Crippen molar-refractivity contribution in [1.82, 2.24) is 5.32 Å². The van der Waals surface area contributed by atoms with E-state index >= 15 is 0 Å². The smallest absolute Gasteiger partial charge is 0.342 e. The van der Waals surface area contributed by atoms with Crippen LogP contribution in [-0.2, 0) is 14.1 Å². The molecule has 0 aliphatic rings. The Bertz CT molecular complexity index is 252. The maximum absolute atomic E-state index is 11.1. The highest BCUT2D eigenvalue weighted by Gasteiger charge is 2.27. The summed E-state index contributed by atoms with van der Waals surface area (Å²) in [6.45, 7) is 2.16. The number of nitrogens with one attached hydrogen (secondary N) is 1. The van der Waals surface area contributed by atoms with Crippen LogP contribution >= 0.6 is 7.60 Å². The van der Waals surface area contributed by atoms with E-state index in [9.17, 15) is 9.36 Å². The Kier molecular flexibility index (Phi) is 7.58. The van der Waals surface area contributed by atoms with Crippen molar-refractivity contribution < 1.29 is 23.9 Å². The van der Waals surface area contributed by atoms with Gasteiger partial charge in [-0.15, -0.1) is 0 Å². The second kappa shape index (κ2) is 7.79. The van der Waals surface area contributed by atoms with Crippen LogP contribution in [0, 0.1) is 0 Å². The maximum atomic E-state index is 11.1. The van der Waals surface area contributed by atoms with Gasteiger partial charge in [-0.05, 0) is 6.42 Å². The van der Waals surface area contributed by atoms with E-state index in [1.165, 1.54) is 7.11 Å². The van der Waals surface area contributed by atoms with E-state index in [0.29, 0.717) is 6.42 Å². The summed E-state index contributed by atoms with van der Waals surface area (Å²) in [4.78, 5) is 28.9. The lowest BCUT2D eigenvalue weighted by atomic mass is 10.2. The molecule has 0 saturated heterocycles. The fourth-order valence-corrected chi connectivity index (χ4v) is 2.12. The van der Waals surface area contributed by atoms with Crippen LogP contribution in [0.1, 0.15) is 32.6 Å². The SMILES string of the molecule is CCCCC(NCCC(=O)OC)P(=O)(O)O. The van der Waals surface area contributed by atoms with Crippen molar-refractivity contribution in [2.75, 3.05) is 13.7 Å². The molecule has 0 amide bonds. The average Bonchev–Trinajstić information content (AvgIpc) is 2.20. The zero-order valence-electron chi connectivity index (χ0n) is 9.68. The highest BCUT2D eigenvalue weighted by atomic mass is 31.2. The number of hydrogen-bond donors (Lipinski definition) is 3. The number of esters is 1. The van der Waals surface area contributed by atoms with Crippen molar-refractivity contribution in [3.63, 3.8) is 0 Å². The molecule has 0 aliphatic carbocycles. The van der Waals surface area contributed by atoms with Crippen molar-refractivity contribution in [2.24, 2.45) is 0 Å². The van der Waals surface area contributed by atoms with Crippen molar-refractivity contribution in [3.8, 4) is 0 Å². The fourth-order valence-electron chi connectivity index (χ4n) is 1.23. The summed E-state index contributed by atoms with van der Waals surface area (Å²) in [6, 6.07) is 0. The monoisotopic (exact) mass is 253 g/mol. The number of hydrogen-bond acceptors (Lipinski definition) is 4. The molecular weight excluding hydrogens is 233 g/mol. The molecule has 6 nitrogen and oxygen atoms in total. The van der Waals surface area contributed by atoms with Gasteiger partial charge in [0.05, 0.1) is 13.5 Å². The van der Waals surface area contributed by atoms with E-state index in [0.717, 1.165) is 12.8 Å². The normalized spacial score (nSPS) is 13.5. The second-order valence-corrected chi connectivity index (χ2v) is 5.33. The Hall–Kier alpha value is -0.420. The van der Waals surface area contributed by atoms with Crippen molar-refractivity contribution in [1.29, 1.82) is 0 Å². The average molecular weight is 253 g/mol. The number of carbonyl (C=O) groups excluding carboxylic acids is 1. The van der Waals surface area contributed by atoms with E-state index in [1.807, 2.05) is 6.92 Å².